The third-order valence-corrected chi connectivity index (χ3v) is 3.09. The molecule has 1 aromatic carbocycles. The zero-order chi connectivity index (χ0) is 13.4. The highest BCUT2D eigenvalue weighted by atomic mass is 35.5. The smallest absolute Gasteiger partial charge is 0.138 e. The van der Waals surface area contributed by atoms with Gasteiger partial charge in [0.1, 0.15) is 5.75 Å². The molecule has 0 aliphatic rings. The van der Waals surface area contributed by atoms with Crippen molar-refractivity contribution in [1.82, 2.24) is 0 Å². The van der Waals surface area contributed by atoms with E-state index in [2.05, 4.69) is 26.1 Å². The van der Waals surface area contributed by atoms with Crippen LogP contribution in [0.2, 0.25) is 5.02 Å². The summed E-state index contributed by atoms with van der Waals surface area (Å²) >= 11 is 6.19. The van der Waals surface area contributed by atoms with E-state index in [-0.39, 0.29) is 0 Å². The normalized spacial score (nSPS) is 12.2. The van der Waals surface area contributed by atoms with Crippen LogP contribution in [0.25, 0.3) is 0 Å². The van der Waals surface area contributed by atoms with Crippen LogP contribution >= 0.6 is 11.6 Å². The SMILES string of the molecule is CCCCC(C)Nc1ccc(OCCC)c(Cl)c1. The van der Waals surface area contributed by atoms with Crippen LogP contribution in [0.15, 0.2) is 18.2 Å². The number of anilines is 1. The summed E-state index contributed by atoms with van der Waals surface area (Å²) in [5.74, 6) is 0.769. The fourth-order valence-electron chi connectivity index (χ4n) is 1.79. The van der Waals surface area contributed by atoms with Gasteiger partial charge in [-0.1, -0.05) is 38.3 Å². The lowest BCUT2D eigenvalue weighted by atomic mass is 10.1. The molecular weight excluding hydrogens is 246 g/mol. The summed E-state index contributed by atoms with van der Waals surface area (Å²) in [6, 6.07) is 6.38. The lowest BCUT2D eigenvalue weighted by molar-refractivity contribution is 0.317. The third-order valence-electron chi connectivity index (χ3n) is 2.80. The van der Waals surface area contributed by atoms with E-state index >= 15 is 0 Å². The van der Waals surface area contributed by atoms with E-state index in [1.54, 1.807) is 0 Å². The first kappa shape index (κ1) is 15.2. The molecule has 0 heterocycles. The van der Waals surface area contributed by atoms with Crippen molar-refractivity contribution in [3.63, 3.8) is 0 Å². The summed E-state index contributed by atoms with van der Waals surface area (Å²) in [5, 5.41) is 4.14. The molecule has 102 valence electrons. The quantitative estimate of drug-likeness (QED) is 0.707. The van der Waals surface area contributed by atoms with E-state index < -0.39 is 0 Å². The lowest BCUT2D eigenvalue weighted by Gasteiger charge is -2.16. The van der Waals surface area contributed by atoms with Crippen molar-refractivity contribution in [2.24, 2.45) is 0 Å². The van der Waals surface area contributed by atoms with Crippen molar-refractivity contribution in [3.8, 4) is 5.75 Å². The molecule has 0 spiro atoms. The summed E-state index contributed by atoms with van der Waals surface area (Å²) in [6.45, 7) is 7.20. The molecule has 0 bridgehead atoms. The van der Waals surface area contributed by atoms with Crippen LogP contribution in [-0.2, 0) is 0 Å². The van der Waals surface area contributed by atoms with Gasteiger partial charge in [-0.05, 0) is 38.0 Å². The van der Waals surface area contributed by atoms with Crippen LogP contribution < -0.4 is 10.1 Å². The Labute approximate surface area is 116 Å². The second-order valence-corrected chi connectivity index (χ2v) is 5.09. The Bertz CT molecular complexity index is 354. The van der Waals surface area contributed by atoms with Crippen molar-refractivity contribution >= 4 is 17.3 Å². The van der Waals surface area contributed by atoms with Gasteiger partial charge in [0, 0.05) is 11.7 Å². The van der Waals surface area contributed by atoms with E-state index in [0.29, 0.717) is 17.7 Å². The molecule has 1 unspecified atom stereocenters. The zero-order valence-corrected chi connectivity index (χ0v) is 12.4. The molecule has 0 amide bonds. The Kier molecular flexibility index (Phi) is 6.96. The number of halogens is 1. The number of rotatable bonds is 8. The molecule has 0 saturated heterocycles. The Morgan fingerprint density at radius 3 is 2.67 bits per heavy atom. The molecule has 18 heavy (non-hydrogen) atoms. The van der Waals surface area contributed by atoms with Crippen molar-refractivity contribution in [2.45, 2.75) is 52.5 Å². The average Bonchev–Trinajstić information content (AvgIpc) is 2.35. The second kappa shape index (κ2) is 8.25. The van der Waals surface area contributed by atoms with Gasteiger partial charge in [-0.25, -0.2) is 0 Å². The Morgan fingerprint density at radius 1 is 1.28 bits per heavy atom. The largest absolute Gasteiger partial charge is 0.492 e. The van der Waals surface area contributed by atoms with Crippen LogP contribution in [0.1, 0.15) is 46.5 Å². The van der Waals surface area contributed by atoms with Crippen molar-refractivity contribution < 1.29 is 4.74 Å². The van der Waals surface area contributed by atoms with Crippen LogP contribution in [-0.4, -0.2) is 12.6 Å². The minimum atomic E-state index is 0.475. The zero-order valence-electron chi connectivity index (χ0n) is 11.6. The fourth-order valence-corrected chi connectivity index (χ4v) is 2.02. The van der Waals surface area contributed by atoms with E-state index in [4.69, 9.17) is 16.3 Å². The fraction of sp³-hybridized carbons (Fsp3) is 0.600. The first-order chi connectivity index (χ1) is 8.67. The van der Waals surface area contributed by atoms with Gasteiger partial charge in [0.15, 0.2) is 0 Å². The van der Waals surface area contributed by atoms with Gasteiger partial charge in [-0.15, -0.1) is 0 Å². The van der Waals surface area contributed by atoms with E-state index in [0.717, 1.165) is 17.9 Å². The van der Waals surface area contributed by atoms with Crippen molar-refractivity contribution in [3.05, 3.63) is 23.2 Å². The second-order valence-electron chi connectivity index (χ2n) is 4.68. The molecule has 0 radical (unpaired) electrons. The van der Waals surface area contributed by atoms with E-state index in [1.807, 2.05) is 18.2 Å². The van der Waals surface area contributed by atoms with Gasteiger partial charge in [-0.2, -0.15) is 0 Å². The summed E-state index contributed by atoms with van der Waals surface area (Å²) in [6.07, 6.45) is 4.66. The Morgan fingerprint density at radius 2 is 2.06 bits per heavy atom. The van der Waals surface area contributed by atoms with Crippen molar-refractivity contribution in [2.75, 3.05) is 11.9 Å². The highest BCUT2D eigenvalue weighted by Gasteiger charge is 2.05. The Balaban J connectivity index is 2.55. The molecule has 0 saturated carbocycles. The molecule has 0 aromatic heterocycles. The first-order valence-corrected chi connectivity index (χ1v) is 7.24. The maximum atomic E-state index is 6.19. The van der Waals surface area contributed by atoms with E-state index in [1.165, 1.54) is 19.3 Å². The highest BCUT2D eigenvalue weighted by Crippen LogP contribution is 2.28. The van der Waals surface area contributed by atoms with Crippen LogP contribution in [0.4, 0.5) is 5.69 Å². The van der Waals surface area contributed by atoms with Gasteiger partial charge in [0.25, 0.3) is 0 Å². The summed E-state index contributed by atoms with van der Waals surface area (Å²) in [4.78, 5) is 0. The monoisotopic (exact) mass is 269 g/mol. The number of hydrogen-bond acceptors (Lipinski definition) is 2. The van der Waals surface area contributed by atoms with E-state index in [9.17, 15) is 0 Å². The number of unbranched alkanes of at least 4 members (excludes halogenated alkanes) is 1. The van der Waals surface area contributed by atoms with Crippen LogP contribution in [0, 0.1) is 0 Å². The number of benzene rings is 1. The lowest BCUT2D eigenvalue weighted by Crippen LogP contribution is -2.14. The third kappa shape index (κ3) is 5.18. The first-order valence-electron chi connectivity index (χ1n) is 6.86. The van der Waals surface area contributed by atoms with Gasteiger partial charge < -0.3 is 10.1 Å². The number of nitrogens with one attached hydrogen (secondary N) is 1. The van der Waals surface area contributed by atoms with Gasteiger partial charge in [0.05, 0.1) is 11.6 Å². The maximum absolute atomic E-state index is 6.19. The molecule has 1 rings (SSSR count). The minimum absolute atomic E-state index is 0.475. The topological polar surface area (TPSA) is 21.3 Å². The predicted octanol–water partition coefficient (Wildman–Crippen LogP) is 5.12. The molecule has 1 atom stereocenters. The number of ether oxygens (including phenoxy) is 1. The molecule has 0 fully saturated rings. The van der Waals surface area contributed by atoms with Gasteiger partial charge in [-0.3, -0.25) is 0 Å². The molecule has 2 nitrogen and oxygen atoms in total. The van der Waals surface area contributed by atoms with Gasteiger partial charge in [0.2, 0.25) is 0 Å². The molecule has 1 N–H and O–H groups in total. The van der Waals surface area contributed by atoms with Gasteiger partial charge >= 0.3 is 0 Å². The van der Waals surface area contributed by atoms with Crippen LogP contribution in [0.3, 0.4) is 0 Å². The Hall–Kier alpha value is -0.890. The molecule has 0 aliphatic carbocycles. The maximum Gasteiger partial charge on any atom is 0.138 e. The standard InChI is InChI=1S/C15H24ClNO/c1-4-6-7-12(3)17-13-8-9-15(14(16)11-13)18-10-5-2/h8-9,11-12,17H,4-7,10H2,1-3H3. The number of hydrogen-bond donors (Lipinski definition) is 1. The highest BCUT2D eigenvalue weighted by molar-refractivity contribution is 6.32. The molecule has 0 aliphatic heterocycles. The predicted molar refractivity (Wildman–Crippen MR) is 79.8 cm³/mol. The molecule has 3 heteroatoms. The van der Waals surface area contributed by atoms with Crippen molar-refractivity contribution in [1.29, 1.82) is 0 Å². The summed E-state index contributed by atoms with van der Waals surface area (Å²) in [5.41, 5.74) is 1.06. The average molecular weight is 270 g/mol. The molecular formula is C15H24ClNO. The van der Waals surface area contributed by atoms with Crippen LogP contribution in [0.5, 0.6) is 5.75 Å². The minimum Gasteiger partial charge on any atom is -0.492 e. The summed E-state index contributed by atoms with van der Waals surface area (Å²) < 4.78 is 5.55. The summed E-state index contributed by atoms with van der Waals surface area (Å²) in [7, 11) is 0. The molecule has 1 aromatic rings.